The van der Waals surface area contributed by atoms with Crippen LogP contribution in [0.15, 0.2) is 138 Å². The number of aliphatic hydroxyl groups is 1. The summed E-state index contributed by atoms with van der Waals surface area (Å²) in [6.45, 7) is 24.1. The third-order valence-corrected chi connectivity index (χ3v) is 26.0. The lowest BCUT2D eigenvalue weighted by Crippen LogP contribution is -2.49. The Kier molecular flexibility index (Phi) is 29.2. The highest BCUT2D eigenvalue weighted by molar-refractivity contribution is 8.00. The van der Waals surface area contributed by atoms with Crippen LogP contribution in [0.5, 0.6) is 0 Å². The smallest absolute Gasteiger partial charge is 0.151 e. The lowest BCUT2D eigenvalue weighted by atomic mass is 9.74. The Morgan fingerprint density at radius 2 is 0.870 bits per heavy atom. The predicted octanol–water partition coefficient (Wildman–Crippen LogP) is 16.9. The van der Waals surface area contributed by atoms with Crippen LogP contribution >= 0.6 is 105 Å². The van der Waals surface area contributed by atoms with E-state index in [1.165, 1.54) is 92.0 Å². The van der Waals surface area contributed by atoms with Gasteiger partial charge in [0.25, 0.3) is 0 Å². The van der Waals surface area contributed by atoms with Gasteiger partial charge in [0, 0.05) is 90.0 Å². The fraction of sp³-hybridized carbons (Fsp3) is 0.471. The summed E-state index contributed by atoms with van der Waals surface area (Å²) in [6, 6.07) is 10.8. The SMILES string of the molecule is C.CC1(CN)CCN(c2cnc(Sc3ccc(N)cc3Cl)cn2)CC1.CCC1(C)CCN(c2cnc(Sc3cc(N)nc(Cl)c3Cl)cn2)CC1.CCC1(C)CCN(c2cnc(Sc3ccnc(N)c3Cl)cn2)CC1O.CCC1(CC)CCN(c2cnc(Sc3ccnc(N)c3Cl)cn2)CC1. The van der Waals surface area contributed by atoms with E-state index in [1.54, 1.807) is 61.6 Å². The maximum absolute atomic E-state index is 10.4. The van der Waals surface area contributed by atoms with Crippen molar-refractivity contribution in [3.8, 4) is 0 Å². The zero-order valence-corrected chi connectivity index (χ0v) is 64.1. The van der Waals surface area contributed by atoms with Crippen molar-refractivity contribution in [3.63, 3.8) is 0 Å². The van der Waals surface area contributed by atoms with Crippen LogP contribution in [0.2, 0.25) is 25.2 Å². The molecule has 4 fully saturated rings. The highest BCUT2D eigenvalue weighted by atomic mass is 35.5. The molecular formula is C70H93Cl5N20OS4. The molecule has 0 amide bonds. The molecule has 2 atom stereocenters. The van der Waals surface area contributed by atoms with Crippen LogP contribution in [0.3, 0.4) is 0 Å². The number of halogens is 5. The third kappa shape index (κ3) is 21.2. The first-order valence-electron chi connectivity index (χ1n) is 33.2. The number of pyridine rings is 3. The Labute approximate surface area is 631 Å². The van der Waals surface area contributed by atoms with Gasteiger partial charge in [0.2, 0.25) is 0 Å². The van der Waals surface area contributed by atoms with Crippen LogP contribution in [0.4, 0.5) is 46.4 Å². The van der Waals surface area contributed by atoms with E-state index < -0.39 is 0 Å². The molecule has 4 saturated heterocycles. The second kappa shape index (κ2) is 36.5. The maximum Gasteiger partial charge on any atom is 0.151 e. The maximum atomic E-state index is 10.4. The van der Waals surface area contributed by atoms with Gasteiger partial charge >= 0.3 is 0 Å². The Bertz CT molecular complexity index is 3900. The van der Waals surface area contributed by atoms with Gasteiger partial charge in [0.15, 0.2) is 5.15 Å². The standard InChI is InChI=1S/C18H24ClN5S.C17H21Cl2N5S.C17H22ClN5OS.C17H22ClN5S.CH4/c1-3-18(4-2)6-9-24(10-7-18)14-11-23-15(12-22-14)25-13-5-8-21-17(20)16(13)19;1-3-17(2)4-6-24(7-5-17)13-9-22-14(10-21-13)25-11-8-12(20)23-16(19)15(11)18;1-3-17(2)5-7-23(10-12(17)24)13-8-22-14(9-21-13)25-11-4-6-20-16(19)15(11)18;1-17(11-19)4-6-23(7-5-17)15-9-22-16(10-21-15)24-14-3-2-12(20)8-13(14)18;/h5,8,11-12H,3-4,6-7,9-10H2,1-2H3,(H2,20,21);8-10H,3-7H2,1-2H3,(H2,20,23);4,6,8-9,12,24H,3,5,7,10H2,1-2H3,(H2,19,20);2-3,8-10H,4-7,11,19-20H2,1H3;1H4. The molecule has 4 aliphatic heterocycles. The number of aromatic nitrogens is 11. The topological polar surface area (TPSA) is 305 Å². The van der Waals surface area contributed by atoms with Crippen molar-refractivity contribution in [2.24, 2.45) is 27.4 Å². The van der Waals surface area contributed by atoms with Gasteiger partial charge in [0.05, 0.1) is 75.8 Å². The van der Waals surface area contributed by atoms with Gasteiger partial charge in [-0.1, -0.05) is 180 Å². The van der Waals surface area contributed by atoms with E-state index in [-0.39, 0.29) is 29.5 Å². The number of piperidine rings is 4. The number of nitrogens with zero attached hydrogens (tertiary/aromatic N) is 15. The number of aliphatic hydroxyl groups excluding tert-OH is 1. The Balaban J connectivity index is 0.000000169. The Morgan fingerprint density at radius 3 is 1.26 bits per heavy atom. The molecule has 11 N–H and O–H groups in total. The van der Waals surface area contributed by atoms with Crippen LogP contribution in [0, 0.1) is 21.7 Å². The van der Waals surface area contributed by atoms with Crippen molar-refractivity contribution < 1.29 is 5.11 Å². The van der Waals surface area contributed by atoms with Crippen LogP contribution in [0.1, 0.15) is 127 Å². The van der Waals surface area contributed by atoms with Gasteiger partial charge in [-0.15, -0.1) is 0 Å². The van der Waals surface area contributed by atoms with Crippen LogP contribution in [-0.4, -0.2) is 125 Å². The quantitative estimate of drug-likeness (QED) is 0.0364. The van der Waals surface area contributed by atoms with Gasteiger partial charge in [-0.3, -0.25) is 0 Å². The van der Waals surface area contributed by atoms with Crippen molar-refractivity contribution in [2.45, 2.75) is 172 Å². The van der Waals surface area contributed by atoms with Crippen molar-refractivity contribution in [3.05, 3.63) is 124 Å². The molecule has 7 aromatic heterocycles. The van der Waals surface area contributed by atoms with Crippen LogP contribution in [-0.2, 0) is 0 Å². The zero-order chi connectivity index (χ0) is 71.1. The minimum Gasteiger partial charge on any atom is -0.399 e. The average Bonchev–Trinajstić information content (AvgIpc) is 0.814. The Morgan fingerprint density at radius 1 is 0.460 bits per heavy atom. The summed E-state index contributed by atoms with van der Waals surface area (Å²) >= 11 is 36.4. The molecule has 538 valence electrons. The lowest BCUT2D eigenvalue weighted by Gasteiger charge is -2.43. The number of hydrogen-bond acceptors (Lipinski definition) is 25. The van der Waals surface area contributed by atoms with E-state index in [4.69, 9.17) is 86.7 Å². The van der Waals surface area contributed by atoms with E-state index >= 15 is 0 Å². The van der Waals surface area contributed by atoms with Gasteiger partial charge in [0.1, 0.15) is 60.8 Å². The van der Waals surface area contributed by atoms with E-state index in [0.717, 1.165) is 141 Å². The molecule has 8 aromatic rings. The average molecular weight is 1540 g/mol. The van der Waals surface area contributed by atoms with Crippen LogP contribution in [0.25, 0.3) is 0 Å². The van der Waals surface area contributed by atoms with E-state index in [1.807, 2.05) is 36.8 Å². The first-order valence-corrected chi connectivity index (χ1v) is 38.4. The molecule has 12 rings (SSSR count). The van der Waals surface area contributed by atoms with E-state index in [2.05, 4.69) is 123 Å². The number of rotatable bonds is 17. The third-order valence-electron chi connectivity index (χ3n) is 19.8. The van der Waals surface area contributed by atoms with Gasteiger partial charge in [-0.05, 0) is 116 Å². The molecule has 30 heteroatoms. The molecule has 0 aliphatic carbocycles. The number of benzene rings is 1. The first kappa shape index (κ1) is 79.9. The highest BCUT2D eigenvalue weighted by Gasteiger charge is 2.38. The molecule has 4 aliphatic rings. The highest BCUT2D eigenvalue weighted by Crippen LogP contribution is 2.43. The fourth-order valence-corrected chi connectivity index (χ4v) is 16.0. The number of anilines is 8. The number of hydrogen-bond donors (Lipinski definition) is 6. The largest absolute Gasteiger partial charge is 0.399 e. The molecule has 21 nitrogen and oxygen atoms in total. The second-order valence-electron chi connectivity index (χ2n) is 26.2. The Hall–Kier alpha value is -5.84. The van der Waals surface area contributed by atoms with Crippen molar-refractivity contribution in [2.75, 3.05) is 101 Å². The molecule has 11 heterocycles. The summed E-state index contributed by atoms with van der Waals surface area (Å²) in [5.41, 5.74) is 30.6. The van der Waals surface area contributed by atoms with E-state index in [0.29, 0.717) is 60.6 Å². The molecule has 100 heavy (non-hydrogen) atoms. The molecule has 1 aromatic carbocycles. The number of nitrogens with two attached hydrogens (primary N) is 5. The summed E-state index contributed by atoms with van der Waals surface area (Å²) in [7, 11) is 0. The summed E-state index contributed by atoms with van der Waals surface area (Å²) in [5.74, 6) is 4.53. The first-order chi connectivity index (χ1) is 47.4. The van der Waals surface area contributed by atoms with E-state index in [9.17, 15) is 5.11 Å². The molecule has 0 saturated carbocycles. The van der Waals surface area contributed by atoms with Gasteiger partial charge in [-0.2, -0.15) is 0 Å². The summed E-state index contributed by atoms with van der Waals surface area (Å²) in [5, 5.41) is 15.6. The zero-order valence-electron chi connectivity index (χ0n) is 57.0. The van der Waals surface area contributed by atoms with Gasteiger partial charge < -0.3 is 53.4 Å². The minimum absolute atomic E-state index is 0. The van der Waals surface area contributed by atoms with Crippen molar-refractivity contribution in [1.82, 2.24) is 54.8 Å². The molecule has 0 spiro atoms. The lowest BCUT2D eigenvalue weighted by molar-refractivity contribution is 0.0187. The monoisotopic (exact) mass is 1530 g/mol. The summed E-state index contributed by atoms with van der Waals surface area (Å²) in [6.07, 6.45) is 29.9. The number of nitrogen functional groups attached to an aromatic ring is 4. The van der Waals surface area contributed by atoms with Crippen molar-refractivity contribution in [1.29, 1.82) is 0 Å². The molecule has 0 radical (unpaired) electrons. The summed E-state index contributed by atoms with van der Waals surface area (Å²) < 4.78 is 0. The molecular weight excluding hydrogens is 1440 g/mol. The number of β-amino-alcohol motifs (C(OH)–C–C–N with tert-alkyl or cyclic N) is 1. The molecule has 0 bridgehead atoms. The van der Waals surface area contributed by atoms with Crippen LogP contribution < -0.4 is 48.3 Å². The predicted molar refractivity (Wildman–Crippen MR) is 417 cm³/mol. The fourth-order valence-electron chi connectivity index (χ4n) is 11.7. The van der Waals surface area contributed by atoms with Gasteiger partial charge in [-0.25, -0.2) is 54.8 Å². The minimum atomic E-state index is -0.360. The normalized spacial score (nSPS) is 18.4. The summed E-state index contributed by atoms with van der Waals surface area (Å²) in [4.78, 5) is 60.4. The van der Waals surface area contributed by atoms with Crippen molar-refractivity contribution >= 4 is 151 Å². The second-order valence-corrected chi connectivity index (χ2v) is 32.3. The molecule has 2 unspecified atom stereocenters.